The van der Waals surface area contributed by atoms with Gasteiger partial charge in [-0.25, -0.2) is 0 Å². The van der Waals surface area contributed by atoms with Crippen LogP contribution in [0.15, 0.2) is 12.1 Å². The van der Waals surface area contributed by atoms with Crippen LogP contribution < -0.4 is 0 Å². The highest BCUT2D eigenvalue weighted by atomic mass is 16.6. The average Bonchev–Trinajstić information content (AvgIpc) is 2.89. The number of phenols is 1. The summed E-state index contributed by atoms with van der Waals surface area (Å²) in [5.74, 6) is -1.88. The number of nitrogens with zero attached hydrogens (tertiary/aromatic N) is 2. The van der Waals surface area contributed by atoms with Gasteiger partial charge in [-0.2, -0.15) is 0 Å². The molecule has 280 valence electrons. The molecular formula is C42H72N2O5. The number of carbonyl (C=O) groups is 2. The van der Waals surface area contributed by atoms with Gasteiger partial charge in [-0.1, -0.05) is 60.6 Å². The van der Waals surface area contributed by atoms with Crippen LogP contribution in [0.3, 0.4) is 0 Å². The number of rotatable bonds is 8. The molecule has 2 saturated heterocycles. The number of hydrogen-bond donors (Lipinski definition) is 1. The van der Waals surface area contributed by atoms with Crippen LogP contribution in [0.25, 0.3) is 0 Å². The second kappa shape index (κ2) is 13.5. The van der Waals surface area contributed by atoms with E-state index >= 15 is 0 Å². The van der Waals surface area contributed by atoms with Crippen LogP contribution in [0.2, 0.25) is 0 Å². The first kappa shape index (κ1) is 41.3. The molecule has 3 rings (SSSR count). The van der Waals surface area contributed by atoms with Crippen molar-refractivity contribution in [2.24, 2.45) is 11.8 Å². The Morgan fingerprint density at radius 3 is 1.51 bits per heavy atom. The Morgan fingerprint density at radius 1 is 0.755 bits per heavy atom. The lowest BCUT2D eigenvalue weighted by atomic mass is 9.69. The standard InChI is InChI=1S/C42H72N2O5/c1-19-42(16,22-27-20-30(36(2,3)4)33(45)31(21-27)37(5,6)7)49-35(47)32(28-23-38(8,9)43(17)39(10,11)24-28)34(46)48-29-25-40(12,13)44(18)41(14,15)26-29/h20-21,28-29,32,45H,19,22-26H2,1-18H3. The molecule has 2 aliphatic rings. The summed E-state index contributed by atoms with van der Waals surface area (Å²) in [5.41, 5.74) is 0.545. The first-order valence-corrected chi connectivity index (χ1v) is 18.6. The first-order valence-electron chi connectivity index (χ1n) is 18.6. The first-order chi connectivity index (χ1) is 21.9. The summed E-state index contributed by atoms with van der Waals surface area (Å²) in [6.45, 7) is 34.1. The van der Waals surface area contributed by atoms with E-state index in [-0.39, 0.29) is 45.0 Å². The van der Waals surface area contributed by atoms with Crippen LogP contribution in [0, 0.1) is 11.8 Å². The molecule has 0 radical (unpaired) electrons. The average molecular weight is 685 g/mol. The van der Waals surface area contributed by atoms with Gasteiger partial charge in [0.25, 0.3) is 0 Å². The number of piperidine rings is 2. The maximum Gasteiger partial charge on any atom is 0.321 e. The summed E-state index contributed by atoms with van der Waals surface area (Å²) in [5, 5.41) is 11.3. The van der Waals surface area contributed by atoms with E-state index < -0.39 is 23.5 Å². The van der Waals surface area contributed by atoms with Gasteiger partial charge in [-0.05, 0) is 129 Å². The minimum absolute atomic E-state index is 0.164. The van der Waals surface area contributed by atoms with Gasteiger partial charge in [0.1, 0.15) is 17.5 Å². The molecule has 1 aromatic rings. The van der Waals surface area contributed by atoms with Gasteiger partial charge in [0, 0.05) is 41.4 Å². The fourth-order valence-electron chi connectivity index (χ4n) is 8.68. The van der Waals surface area contributed by atoms with Crippen LogP contribution in [0.4, 0.5) is 0 Å². The number of phenolic OH excluding ortho intramolecular Hbond substituents is 1. The second-order valence-electron chi connectivity index (χ2n) is 20.4. The van der Waals surface area contributed by atoms with Crippen molar-refractivity contribution in [2.75, 3.05) is 14.1 Å². The molecule has 1 aromatic carbocycles. The number of carbonyl (C=O) groups excluding carboxylic acids is 2. The molecule has 7 heteroatoms. The highest BCUT2D eigenvalue weighted by molar-refractivity contribution is 5.95. The van der Waals surface area contributed by atoms with E-state index in [2.05, 4.69) is 133 Å². The Kier molecular flexibility index (Phi) is 11.3. The van der Waals surface area contributed by atoms with Gasteiger partial charge in [-0.3, -0.25) is 19.4 Å². The molecule has 0 aliphatic carbocycles. The van der Waals surface area contributed by atoms with E-state index in [1.54, 1.807) is 0 Å². The van der Waals surface area contributed by atoms with Gasteiger partial charge in [0.15, 0.2) is 5.92 Å². The van der Waals surface area contributed by atoms with Crippen LogP contribution >= 0.6 is 0 Å². The maximum absolute atomic E-state index is 14.6. The van der Waals surface area contributed by atoms with Crippen LogP contribution in [-0.4, -0.2) is 74.8 Å². The molecule has 2 fully saturated rings. The fourth-order valence-corrected chi connectivity index (χ4v) is 8.68. The van der Waals surface area contributed by atoms with Crippen LogP contribution in [0.5, 0.6) is 5.75 Å². The number of ether oxygens (including phenoxy) is 2. The highest BCUT2D eigenvalue weighted by Crippen LogP contribution is 2.46. The monoisotopic (exact) mass is 685 g/mol. The van der Waals surface area contributed by atoms with Crippen molar-refractivity contribution in [3.8, 4) is 5.75 Å². The molecular weight excluding hydrogens is 612 g/mol. The zero-order valence-corrected chi connectivity index (χ0v) is 34.6. The number of benzene rings is 1. The van der Waals surface area contributed by atoms with Crippen LogP contribution in [-0.2, 0) is 36.3 Å². The molecule has 2 heterocycles. The van der Waals surface area contributed by atoms with E-state index in [9.17, 15) is 14.7 Å². The minimum atomic E-state index is -1.03. The molecule has 49 heavy (non-hydrogen) atoms. The Morgan fingerprint density at radius 2 is 1.14 bits per heavy atom. The third-order valence-electron chi connectivity index (χ3n) is 12.3. The van der Waals surface area contributed by atoms with E-state index in [1.165, 1.54) is 0 Å². The van der Waals surface area contributed by atoms with E-state index in [4.69, 9.17) is 9.47 Å². The summed E-state index contributed by atoms with van der Waals surface area (Å²) in [4.78, 5) is 33.8. The van der Waals surface area contributed by atoms with Gasteiger partial charge in [0.05, 0.1) is 0 Å². The van der Waals surface area contributed by atoms with Crippen molar-refractivity contribution in [2.45, 2.75) is 194 Å². The zero-order valence-electron chi connectivity index (χ0n) is 34.6. The van der Waals surface area contributed by atoms with Crippen LogP contribution in [0.1, 0.15) is 160 Å². The van der Waals surface area contributed by atoms with Crippen molar-refractivity contribution in [1.29, 1.82) is 0 Å². The largest absolute Gasteiger partial charge is 0.507 e. The van der Waals surface area contributed by atoms with Gasteiger partial charge >= 0.3 is 11.9 Å². The molecule has 0 amide bonds. The number of likely N-dealkylation sites (tertiary alicyclic amines) is 2. The highest BCUT2D eigenvalue weighted by Gasteiger charge is 2.52. The Balaban J connectivity index is 2.03. The summed E-state index contributed by atoms with van der Waals surface area (Å²) in [6, 6.07) is 4.12. The third kappa shape index (κ3) is 9.04. The Labute approximate surface area is 299 Å². The number of esters is 2. The summed E-state index contributed by atoms with van der Waals surface area (Å²) in [7, 11) is 4.27. The predicted molar refractivity (Wildman–Crippen MR) is 201 cm³/mol. The maximum atomic E-state index is 14.6. The van der Waals surface area contributed by atoms with Gasteiger partial charge in [0.2, 0.25) is 0 Å². The molecule has 0 saturated carbocycles. The lowest BCUT2D eigenvalue weighted by Gasteiger charge is -2.55. The Bertz CT molecular complexity index is 1310. The smallest absolute Gasteiger partial charge is 0.321 e. The normalized spacial score (nSPS) is 23.8. The molecule has 0 spiro atoms. The van der Waals surface area contributed by atoms with Crippen molar-refractivity contribution in [3.05, 3.63) is 28.8 Å². The number of hydrogen-bond acceptors (Lipinski definition) is 7. The zero-order chi connectivity index (χ0) is 37.9. The van der Waals surface area contributed by atoms with Crippen molar-refractivity contribution in [1.82, 2.24) is 9.80 Å². The fraction of sp³-hybridized carbons (Fsp3) is 0.810. The number of aromatic hydroxyl groups is 1. The molecule has 1 N–H and O–H groups in total. The SMILES string of the molecule is CCC(C)(Cc1cc(C(C)(C)C)c(O)c(C(C)(C)C)c1)OC(=O)C(C(=O)OC1CC(C)(C)N(C)C(C)(C)C1)C1CC(C)(C)N(C)C(C)(C)C1. The minimum Gasteiger partial charge on any atom is -0.507 e. The lowest BCUT2D eigenvalue weighted by molar-refractivity contribution is -0.183. The second-order valence-corrected chi connectivity index (χ2v) is 20.4. The molecule has 0 bridgehead atoms. The molecule has 2 unspecified atom stereocenters. The van der Waals surface area contributed by atoms with Crippen molar-refractivity contribution < 1.29 is 24.2 Å². The van der Waals surface area contributed by atoms with Gasteiger partial charge in [-0.15, -0.1) is 0 Å². The van der Waals surface area contributed by atoms with Gasteiger partial charge < -0.3 is 14.6 Å². The molecule has 0 aromatic heterocycles. The van der Waals surface area contributed by atoms with E-state index in [1.807, 2.05) is 13.8 Å². The summed E-state index contributed by atoms with van der Waals surface area (Å²) >= 11 is 0. The molecule has 2 aliphatic heterocycles. The van der Waals surface area contributed by atoms with E-state index in [0.717, 1.165) is 16.7 Å². The van der Waals surface area contributed by atoms with E-state index in [0.29, 0.717) is 44.3 Å². The Hall–Kier alpha value is -2.12. The lowest BCUT2D eigenvalue weighted by Crippen LogP contribution is -2.61. The van der Waals surface area contributed by atoms with Crippen molar-refractivity contribution in [3.63, 3.8) is 0 Å². The topological polar surface area (TPSA) is 79.3 Å². The summed E-state index contributed by atoms with van der Waals surface area (Å²) in [6.07, 6.45) is 3.49. The summed E-state index contributed by atoms with van der Waals surface area (Å²) < 4.78 is 12.9. The van der Waals surface area contributed by atoms with Crippen molar-refractivity contribution >= 4 is 11.9 Å². The molecule has 2 atom stereocenters. The molecule has 7 nitrogen and oxygen atoms in total. The predicted octanol–water partition coefficient (Wildman–Crippen LogP) is 8.95. The quantitative estimate of drug-likeness (QED) is 0.216. The third-order valence-corrected chi connectivity index (χ3v) is 12.3.